The van der Waals surface area contributed by atoms with Gasteiger partial charge in [0.15, 0.2) is 0 Å². The predicted octanol–water partition coefficient (Wildman–Crippen LogP) is 8.48. The van der Waals surface area contributed by atoms with Crippen LogP contribution in [0.2, 0.25) is 5.82 Å². The quantitative estimate of drug-likeness (QED) is 0.218. The van der Waals surface area contributed by atoms with Crippen molar-refractivity contribution in [1.82, 2.24) is 0 Å². The molecule has 8 rings (SSSR count). The van der Waals surface area contributed by atoms with Crippen molar-refractivity contribution in [2.45, 2.75) is 12.7 Å². The van der Waals surface area contributed by atoms with Crippen LogP contribution in [0.1, 0.15) is 6.92 Å². The molecule has 0 saturated heterocycles. The van der Waals surface area contributed by atoms with Gasteiger partial charge in [-0.25, -0.2) is 0 Å². The van der Waals surface area contributed by atoms with Gasteiger partial charge in [0.1, 0.15) is 11.5 Å². The summed E-state index contributed by atoms with van der Waals surface area (Å²) in [4.78, 5) is 4.91. The fourth-order valence-electron chi connectivity index (χ4n) is 6.96. The normalized spacial score (nSPS) is 18.3. The van der Waals surface area contributed by atoms with Crippen molar-refractivity contribution >= 4 is 46.1 Å². The van der Waals surface area contributed by atoms with Gasteiger partial charge in [0.2, 0.25) is 6.71 Å². The van der Waals surface area contributed by atoms with Crippen LogP contribution < -0.4 is 25.5 Å². The van der Waals surface area contributed by atoms with E-state index in [2.05, 4.69) is 132 Å². The lowest BCUT2D eigenvalue weighted by Crippen LogP contribution is -2.59. The minimum atomic E-state index is 0.216. The van der Waals surface area contributed by atoms with E-state index < -0.39 is 0 Å². The monoisotopic (exact) mass is 528 g/mol. The van der Waals surface area contributed by atoms with E-state index in [1.165, 1.54) is 39.4 Å². The van der Waals surface area contributed by atoms with E-state index in [9.17, 15) is 0 Å². The molecule has 41 heavy (non-hydrogen) atoms. The molecule has 4 heteroatoms. The fraction of sp³-hybridized carbons (Fsp3) is 0.0811. The standard InChI is InChI=1S/C37H29BN2O/c1-26-13-11-20-32-36(26)38-31-24-23-30(41-29-18-9-4-10-19-29)25-35(31)40(28-16-7-3-8-17-28)34-22-12-21-33(37(34)38)39(32)27-14-5-2-6-15-27/h2-26,36H,1H3. The lowest BCUT2D eigenvalue weighted by Gasteiger charge is -2.49. The molecule has 3 aliphatic rings. The molecule has 0 fully saturated rings. The van der Waals surface area contributed by atoms with Gasteiger partial charge in [0.25, 0.3) is 0 Å². The summed E-state index contributed by atoms with van der Waals surface area (Å²) in [7, 11) is 0. The van der Waals surface area contributed by atoms with E-state index in [1.807, 2.05) is 30.3 Å². The number of anilines is 5. The third kappa shape index (κ3) is 3.82. The topological polar surface area (TPSA) is 15.7 Å². The van der Waals surface area contributed by atoms with Gasteiger partial charge in [-0.15, -0.1) is 0 Å². The largest absolute Gasteiger partial charge is 0.457 e. The maximum absolute atomic E-state index is 6.37. The first-order chi connectivity index (χ1) is 20.3. The Bertz CT molecular complexity index is 1800. The number of benzene rings is 5. The molecule has 2 atom stereocenters. The average molecular weight is 528 g/mol. The Morgan fingerprint density at radius 1 is 0.610 bits per heavy atom. The lowest BCUT2D eigenvalue weighted by molar-refractivity contribution is 0.483. The maximum atomic E-state index is 6.37. The molecule has 0 aromatic heterocycles. The molecule has 0 spiro atoms. The van der Waals surface area contributed by atoms with E-state index in [0.29, 0.717) is 11.7 Å². The Kier molecular flexibility index (Phi) is 5.59. The first kappa shape index (κ1) is 23.9. The van der Waals surface area contributed by atoms with Crippen LogP contribution in [0.4, 0.5) is 28.4 Å². The van der Waals surface area contributed by atoms with E-state index in [-0.39, 0.29) is 6.71 Å². The molecule has 2 heterocycles. The highest BCUT2D eigenvalue weighted by Gasteiger charge is 2.49. The summed E-state index contributed by atoms with van der Waals surface area (Å²) in [5.74, 6) is 2.35. The number of hydrogen-bond acceptors (Lipinski definition) is 3. The predicted molar refractivity (Wildman–Crippen MR) is 171 cm³/mol. The van der Waals surface area contributed by atoms with E-state index in [4.69, 9.17) is 4.74 Å². The van der Waals surface area contributed by atoms with Gasteiger partial charge in [-0.05, 0) is 83.3 Å². The summed E-state index contributed by atoms with van der Waals surface area (Å²) < 4.78 is 6.37. The first-order valence-electron chi connectivity index (χ1n) is 14.4. The highest BCUT2D eigenvalue weighted by Crippen LogP contribution is 2.50. The zero-order valence-corrected chi connectivity index (χ0v) is 22.9. The number of rotatable bonds is 4. The molecule has 2 unspecified atom stereocenters. The second-order valence-corrected chi connectivity index (χ2v) is 11.0. The second-order valence-electron chi connectivity index (χ2n) is 11.0. The summed E-state index contributed by atoms with van der Waals surface area (Å²) in [5.41, 5.74) is 10.1. The molecule has 2 aliphatic heterocycles. The van der Waals surface area contributed by atoms with Crippen LogP contribution in [-0.2, 0) is 0 Å². The Labute approximate surface area is 241 Å². The van der Waals surface area contributed by atoms with Crippen LogP contribution in [0.15, 0.2) is 151 Å². The third-order valence-electron chi connectivity index (χ3n) is 8.65. The van der Waals surface area contributed by atoms with Gasteiger partial charge in [-0.1, -0.05) is 85.8 Å². The molecule has 5 aromatic rings. The van der Waals surface area contributed by atoms with Gasteiger partial charge < -0.3 is 14.5 Å². The minimum absolute atomic E-state index is 0.216. The van der Waals surface area contributed by atoms with Crippen LogP contribution in [-0.4, -0.2) is 6.71 Å². The Balaban J connectivity index is 1.39. The molecular formula is C37H29BN2O. The van der Waals surface area contributed by atoms with E-state index in [1.54, 1.807) is 0 Å². The number of hydrogen-bond donors (Lipinski definition) is 0. The van der Waals surface area contributed by atoms with Crippen molar-refractivity contribution in [2.24, 2.45) is 5.92 Å². The van der Waals surface area contributed by atoms with Crippen molar-refractivity contribution in [2.75, 3.05) is 9.80 Å². The number of allylic oxidation sites excluding steroid dienone is 4. The number of ether oxygens (including phenoxy) is 1. The van der Waals surface area contributed by atoms with Crippen molar-refractivity contribution in [3.8, 4) is 11.5 Å². The van der Waals surface area contributed by atoms with Gasteiger partial charge >= 0.3 is 0 Å². The Morgan fingerprint density at radius 2 is 1.24 bits per heavy atom. The molecule has 0 amide bonds. The second kappa shape index (κ2) is 9.60. The van der Waals surface area contributed by atoms with Crippen LogP contribution >= 0.6 is 0 Å². The summed E-state index contributed by atoms with van der Waals surface area (Å²) in [6.07, 6.45) is 6.92. The van der Waals surface area contributed by atoms with E-state index in [0.717, 1.165) is 17.2 Å². The van der Waals surface area contributed by atoms with Crippen molar-refractivity contribution in [3.05, 3.63) is 151 Å². The Morgan fingerprint density at radius 3 is 1.95 bits per heavy atom. The van der Waals surface area contributed by atoms with Crippen molar-refractivity contribution < 1.29 is 4.74 Å². The number of nitrogens with zero attached hydrogens (tertiary/aromatic N) is 2. The first-order valence-corrected chi connectivity index (χ1v) is 14.4. The smallest absolute Gasteiger partial charge is 0.227 e. The molecule has 3 nitrogen and oxygen atoms in total. The summed E-state index contributed by atoms with van der Waals surface area (Å²) >= 11 is 0. The van der Waals surface area contributed by atoms with Crippen LogP contribution in [0.25, 0.3) is 0 Å². The highest BCUT2D eigenvalue weighted by atomic mass is 16.5. The molecule has 1 aliphatic carbocycles. The molecule has 0 radical (unpaired) electrons. The van der Waals surface area contributed by atoms with Gasteiger partial charge in [-0.2, -0.15) is 0 Å². The summed E-state index contributed by atoms with van der Waals surface area (Å²) in [6, 6.07) is 45.0. The fourth-order valence-corrected chi connectivity index (χ4v) is 6.96. The van der Waals surface area contributed by atoms with Gasteiger partial charge in [0, 0.05) is 40.2 Å². The van der Waals surface area contributed by atoms with E-state index >= 15 is 0 Å². The summed E-state index contributed by atoms with van der Waals surface area (Å²) in [6.45, 7) is 2.58. The molecule has 196 valence electrons. The maximum Gasteiger partial charge on any atom is 0.227 e. The van der Waals surface area contributed by atoms with Gasteiger partial charge in [-0.3, -0.25) is 0 Å². The number of fused-ring (bicyclic) bond motifs is 4. The molecule has 0 saturated carbocycles. The molecule has 0 bridgehead atoms. The van der Waals surface area contributed by atoms with Crippen molar-refractivity contribution in [3.63, 3.8) is 0 Å². The summed E-state index contributed by atoms with van der Waals surface area (Å²) in [5, 5.41) is 0. The lowest BCUT2D eigenvalue weighted by atomic mass is 9.28. The van der Waals surface area contributed by atoms with Gasteiger partial charge in [0.05, 0.1) is 0 Å². The van der Waals surface area contributed by atoms with Crippen LogP contribution in [0, 0.1) is 5.92 Å². The molecule has 0 N–H and O–H groups in total. The minimum Gasteiger partial charge on any atom is -0.457 e. The molecular weight excluding hydrogens is 499 g/mol. The average Bonchev–Trinajstić information content (AvgIpc) is 3.02. The van der Waals surface area contributed by atoms with Crippen LogP contribution in [0.3, 0.4) is 0 Å². The van der Waals surface area contributed by atoms with Crippen molar-refractivity contribution in [1.29, 1.82) is 0 Å². The molecule has 5 aromatic carbocycles. The number of para-hydroxylation sites is 3. The van der Waals surface area contributed by atoms with Crippen LogP contribution in [0.5, 0.6) is 11.5 Å². The highest BCUT2D eigenvalue weighted by molar-refractivity contribution is 6.91. The SMILES string of the molecule is CC1C=CC=C2C1B1c3ccc(Oc4ccccc4)cc3N(c3ccccc3)c3cccc(c31)N2c1ccccc1. The zero-order valence-electron chi connectivity index (χ0n) is 22.9. The Hall–Kier alpha value is -4.96. The zero-order chi connectivity index (χ0) is 27.3. The third-order valence-corrected chi connectivity index (χ3v) is 8.65.